The standard InChI is InChI=1S/C17H17F2NO3/c1-12-5-7-14(8-6-12)22-10-9-20-16(21)13-3-2-4-15(11-13)23-17(18)19/h2-8,11,17H,9-10H2,1H3,(H,20,21). The van der Waals surface area contributed by atoms with Gasteiger partial charge in [0.25, 0.3) is 5.91 Å². The van der Waals surface area contributed by atoms with Crippen molar-refractivity contribution in [3.05, 3.63) is 59.7 Å². The van der Waals surface area contributed by atoms with Crippen LogP contribution in [0.15, 0.2) is 48.5 Å². The molecule has 2 aromatic rings. The van der Waals surface area contributed by atoms with Crippen molar-refractivity contribution in [1.82, 2.24) is 5.32 Å². The predicted molar refractivity (Wildman–Crippen MR) is 82.1 cm³/mol. The van der Waals surface area contributed by atoms with Crippen molar-refractivity contribution in [2.24, 2.45) is 0 Å². The average molecular weight is 321 g/mol. The van der Waals surface area contributed by atoms with Crippen LogP contribution in [0.2, 0.25) is 0 Å². The van der Waals surface area contributed by atoms with Gasteiger partial charge in [0.05, 0.1) is 6.54 Å². The van der Waals surface area contributed by atoms with Crippen LogP contribution in [0.25, 0.3) is 0 Å². The van der Waals surface area contributed by atoms with E-state index in [-0.39, 0.29) is 17.2 Å². The second-order valence-electron chi connectivity index (χ2n) is 4.82. The number of benzene rings is 2. The summed E-state index contributed by atoms with van der Waals surface area (Å²) in [5, 5.41) is 2.65. The average Bonchev–Trinajstić information content (AvgIpc) is 2.52. The van der Waals surface area contributed by atoms with Gasteiger partial charge in [-0.2, -0.15) is 8.78 Å². The van der Waals surface area contributed by atoms with Crippen molar-refractivity contribution >= 4 is 5.91 Å². The molecule has 0 aromatic heterocycles. The van der Waals surface area contributed by atoms with Crippen molar-refractivity contribution in [2.45, 2.75) is 13.5 Å². The predicted octanol–water partition coefficient (Wildman–Crippen LogP) is 3.41. The van der Waals surface area contributed by atoms with Crippen LogP contribution < -0.4 is 14.8 Å². The zero-order valence-corrected chi connectivity index (χ0v) is 12.6. The van der Waals surface area contributed by atoms with E-state index in [9.17, 15) is 13.6 Å². The molecule has 0 radical (unpaired) electrons. The van der Waals surface area contributed by atoms with Gasteiger partial charge in [0.15, 0.2) is 0 Å². The molecule has 2 rings (SSSR count). The van der Waals surface area contributed by atoms with Gasteiger partial charge in [0, 0.05) is 5.56 Å². The van der Waals surface area contributed by atoms with Crippen LogP contribution >= 0.6 is 0 Å². The minimum absolute atomic E-state index is 0.0523. The molecule has 6 heteroatoms. The molecule has 122 valence electrons. The summed E-state index contributed by atoms with van der Waals surface area (Å²) in [7, 11) is 0. The third-order valence-electron chi connectivity index (χ3n) is 3.00. The largest absolute Gasteiger partial charge is 0.492 e. The minimum atomic E-state index is -2.92. The number of carbonyl (C=O) groups excluding carboxylic acids is 1. The van der Waals surface area contributed by atoms with E-state index in [1.54, 1.807) is 0 Å². The first kappa shape index (κ1) is 16.7. The van der Waals surface area contributed by atoms with E-state index in [1.807, 2.05) is 31.2 Å². The van der Waals surface area contributed by atoms with E-state index < -0.39 is 6.61 Å². The van der Waals surface area contributed by atoms with Gasteiger partial charge in [0.1, 0.15) is 18.1 Å². The number of alkyl halides is 2. The van der Waals surface area contributed by atoms with Crippen LogP contribution in [0.1, 0.15) is 15.9 Å². The van der Waals surface area contributed by atoms with Gasteiger partial charge >= 0.3 is 6.61 Å². The fraction of sp³-hybridized carbons (Fsp3) is 0.235. The Balaban J connectivity index is 1.79. The fourth-order valence-electron chi connectivity index (χ4n) is 1.88. The zero-order valence-electron chi connectivity index (χ0n) is 12.6. The molecule has 0 spiro atoms. The van der Waals surface area contributed by atoms with Gasteiger partial charge < -0.3 is 14.8 Å². The first-order valence-electron chi connectivity index (χ1n) is 7.07. The van der Waals surface area contributed by atoms with E-state index in [0.29, 0.717) is 13.2 Å². The third-order valence-corrected chi connectivity index (χ3v) is 3.00. The van der Waals surface area contributed by atoms with E-state index >= 15 is 0 Å². The second-order valence-corrected chi connectivity index (χ2v) is 4.82. The van der Waals surface area contributed by atoms with Gasteiger partial charge in [-0.1, -0.05) is 23.8 Å². The molecule has 0 heterocycles. The monoisotopic (exact) mass is 321 g/mol. The van der Waals surface area contributed by atoms with Gasteiger partial charge in [-0.05, 0) is 37.3 Å². The number of ether oxygens (including phenoxy) is 2. The summed E-state index contributed by atoms with van der Waals surface area (Å²) in [6.07, 6.45) is 0. The van der Waals surface area contributed by atoms with E-state index in [2.05, 4.69) is 10.1 Å². The molecule has 1 N–H and O–H groups in total. The van der Waals surface area contributed by atoms with Crippen molar-refractivity contribution in [2.75, 3.05) is 13.2 Å². The lowest BCUT2D eigenvalue weighted by atomic mass is 10.2. The third kappa shape index (κ3) is 5.58. The van der Waals surface area contributed by atoms with Crippen molar-refractivity contribution in [3.63, 3.8) is 0 Å². The SMILES string of the molecule is Cc1ccc(OCCNC(=O)c2cccc(OC(F)F)c2)cc1. The number of hydrogen-bond acceptors (Lipinski definition) is 3. The molecule has 0 aliphatic heterocycles. The molecule has 1 amide bonds. The summed E-state index contributed by atoms with van der Waals surface area (Å²) in [6.45, 7) is -0.332. The van der Waals surface area contributed by atoms with Crippen molar-refractivity contribution in [3.8, 4) is 11.5 Å². The molecule has 0 unspecified atom stereocenters. The number of amides is 1. The molecule has 2 aromatic carbocycles. The molecule has 0 saturated carbocycles. The Kier molecular flexibility index (Phi) is 5.91. The highest BCUT2D eigenvalue weighted by atomic mass is 19.3. The minimum Gasteiger partial charge on any atom is -0.492 e. The van der Waals surface area contributed by atoms with Gasteiger partial charge in [0.2, 0.25) is 0 Å². The molecular formula is C17H17F2NO3. The lowest BCUT2D eigenvalue weighted by Gasteiger charge is -2.09. The van der Waals surface area contributed by atoms with Crippen LogP contribution in [0.3, 0.4) is 0 Å². The Morgan fingerprint density at radius 1 is 1.13 bits per heavy atom. The molecule has 4 nitrogen and oxygen atoms in total. The highest BCUT2D eigenvalue weighted by molar-refractivity contribution is 5.94. The molecule has 0 bridgehead atoms. The quantitative estimate of drug-likeness (QED) is 0.795. The number of nitrogens with one attached hydrogen (secondary N) is 1. The highest BCUT2D eigenvalue weighted by Gasteiger charge is 2.09. The number of hydrogen-bond donors (Lipinski definition) is 1. The fourth-order valence-corrected chi connectivity index (χ4v) is 1.88. The maximum absolute atomic E-state index is 12.1. The summed E-state index contributed by atoms with van der Waals surface area (Å²) in [5.41, 5.74) is 1.38. The molecule has 0 atom stereocenters. The van der Waals surface area contributed by atoms with E-state index in [4.69, 9.17) is 4.74 Å². The number of halogens is 2. The Labute approximate surface area is 133 Å². The molecular weight excluding hydrogens is 304 g/mol. The van der Waals surface area contributed by atoms with Gasteiger partial charge in [-0.3, -0.25) is 4.79 Å². The number of rotatable bonds is 7. The first-order valence-corrected chi connectivity index (χ1v) is 7.07. The Bertz CT molecular complexity index is 645. The van der Waals surface area contributed by atoms with Crippen LogP contribution in [0, 0.1) is 6.92 Å². The first-order chi connectivity index (χ1) is 11.0. The smallest absolute Gasteiger partial charge is 0.387 e. The zero-order chi connectivity index (χ0) is 16.7. The summed E-state index contributed by atoms with van der Waals surface area (Å²) in [6, 6.07) is 13.2. The van der Waals surface area contributed by atoms with Crippen LogP contribution in [0.4, 0.5) is 8.78 Å². The summed E-state index contributed by atoms with van der Waals surface area (Å²) in [5.74, 6) is 0.290. The van der Waals surface area contributed by atoms with E-state index in [1.165, 1.54) is 24.3 Å². The summed E-state index contributed by atoms with van der Waals surface area (Å²) < 4.78 is 34.0. The lowest BCUT2D eigenvalue weighted by molar-refractivity contribution is -0.0498. The number of carbonyl (C=O) groups is 1. The molecule has 0 aliphatic carbocycles. The van der Waals surface area contributed by atoms with Crippen LogP contribution in [0.5, 0.6) is 11.5 Å². The maximum Gasteiger partial charge on any atom is 0.387 e. The molecule has 0 fully saturated rings. The molecule has 0 saturated heterocycles. The lowest BCUT2D eigenvalue weighted by Crippen LogP contribution is -2.28. The van der Waals surface area contributed by atoms with Crippen molar-refractivity contribution < 1.29 is 23.0 Å². The summed E-state index contributed by atoms with van der Waals surface area (Å²) >= 11 is 0. The van der Waals surface area contributed by atoms with E-state index in [0.717, 1.165) is 11.3 Å². The molecule has 23 heavy (non-hydrogen) atoms. The Morgan fingerprint density at radius 3 is 2.57 bits per heavy atom. The van der Waals surface area contributed by atoms with Crippen molar-refractivity contribution in [1.29, 1.82) is 0 Å². The maximum atomic E-state index is 12.1. The topological polar surface area (TPSA) is 47.6 Å². The Hall–Kier alpha value is -2.63. The molecule has 0 aliphatic rings. The van der Waals surface area contributed by atoms with Crippen LogP contribution in [-0.4, -0.2) is 25.7 Å². The highest BCUT2D eigenvalue weighted by Crippen LogP contribution is 2.16. The van der Waals surface area contributed by atoms with Gasteiger partial charge in [-0.25, -0.2) is 0 Å². The normalized spacial score (nSPS) is 10.4. The summed E-state index contributed by atoms with van der Waals surface area (Å²) in [4.78, 5) is 11.9. The van der Waals surface area contributed by atoms with Crippen LogP contribution in [-0.2, 0) is 0 Å². The second kappa shape index (κ2) is 8.12. The Morgan fingerprint density at radius 2 is 1.87 bits per heavy atom. The van der Waals surface area contributed by atoms with Gasteiger partial charge in [-0.15, -0.1) is 0 Å². The number of aryl methyl sites for hydroxylation is 1.